The van der Waals surface area contributed by atoms with E-state index in [-0.39, 0.29) is 40.5 Å². The normalized spacial score (nSPS) is 21.4. The van der Waals surface area contributed by atoms with Crippen LogP contribution in [0.5, 0.6) is 11.5 Å². The number of amides is 1. The molecule has 362 valence electrons. The molecule has 2 aromatic carbocycles. The minimum absolute atomic E-state index is 0.0188. The largest absolute Gasteiger partial charge is 0.455 e. The van der Waals surface area contributed by atoms with Gasteiger partial charge in [-0.3, -0.25) is 24.0 Å². The molecule has 19 heteroatoms. The van der Waals surface area contributed by atoms with Gasteiger partial charge in [-0.15, -0.1) is 0 Å². The molecule has 0 unspecified atom stereocenters. The fourth-order valence-corrected chi connectivity index (χ4v) is 12.6. The predicted octanol–water partition coefficient (Wildman–Crippen LogP) is 8.42. The first-order chi connectivity index (χ1) is 32.5. The number of anilines is 2. The van der Waals surface area contributed by atoms with E-state index in [0.29, 0.717) is 36.5 Å². The molecule has 2 aliphatic heterocycles. The maximum Gasteiger partial charge on any atom is 0.312 e. The van der Waals surface area contributed by atoms with Crippen LogP contribution in [-0.2, 0) is 24.5 Å². The summed E-state index contributed by atoms with van der Waals surface area (Å²) in [5.74, 6) is 0.0202. The smallest absolute Gasteiger partial charge is 0.312 e. The van der Waals surface area contributed by atoms with Gasteiger partial charge >= 0.3 is 5.69 Å². The molecule has 4 fully saturated rings. The number of fused-ring (bicyclic) bond motifs is 1. The van der Waals surface area contributed by atoms with Gasteiger partial charge in [-0.2, -0.15) is 0 Å². The van der Waals surface area contributed by atoms with Crippen molar-refractivity contribution in [1.82, 2.24) is 24.6 Å². The number of aromatic amines is 1. The van der Waals surface area contributed by atoms with Crippen LogP contribution in [0.2, 0.25) is 0 Å². The Labute approximate surface area is 398 Å². The molecule has 68 heavy (non-hydrogen) atoms. The molecule has 1 spiro atoms. The van der Waals surface area contributed by atoms with Crippen molar-refractivity contribution >= 4 is 53.9 Å². The Morgan fingerprint density at radius 1 is 1.00 bits per heavy atom. The maximum absolute atomic E-state index is 14.0. The molecule has 17 nitrogen and oxygen atoms in total. The number of nitrogens with zero attached hydrogens (tertiary/aromatic N) is 6. The number of benzene rings is 2. The van der Waals surface area contributed by atoms with E-state index in [9.17, 15) is 27.5 Å². The van der Waals surface area contributed by atoms with Crippen LogP contribution in [0, 0.1) is 21.4 Å². The monoisotopic (exact) mass is 967 g/mol. The summed E-state index contributed by atoms with van der Waals surface area (Å²) in [7, 11) is -6.86. The Balaban J connectivity index is 0.884. The summed E-state index contributed by atoms with van der Waals surface area (Å²) in [6.45, 7) is 8.87. The zero-order valence-corrected chi connectivity index (χ0v) is 40.7. The van der Waals surface area contributed by atoms with Crippen molar-refractivity contribution in [2.24, 2.45) is 15.7 Å². The lowest BCUT2D eigenvalue weighted by Gasteiger charge is -2.57. The highest BCUT2D eigenvalue weighted by atomic mass is 32.2. The molecule has 2 aliphatic carbocycles. The first-order valence-corrected chi connectivity index (χ1v) is 27.4. The van der Waals surface area contributed by atoms with Crippen LogP contribution < -0.4 is 19.7 Å². The summed E-state index contributed by atoms with van der Waals surface area (Å²) in [5, 5.41) is 16.0. The quantitative estimate of drug-likeness (QED) is 0.0705. The summed E-state index contributed by atoms with van der Waals surface area (Å²) in [6.07, 6.45) is 14.9. The zero-order valence-electron chi connectivity index (χ0n) is 39.1. The molecule has 3 N–H and O–H groups in total. The molecule has 9 rings (SSSR count). The van der Waals surface area contributed by atoms with Crippen LogP contribution in [-0.4, -0.2) is 107 Å². The second-order valence-corrected chi connectivity index (χ2v) is 23.9. The van der Waals surface area contributed by atoms with E-state index in [0.717, 1.165) is 101 Å². The van der Waals surface area contributed by atoms with E-state index >= 15 is 0 Å². The van der Waals surface area contributed by atoms with Gasteiger partial charge in [0.25, 0.3) is 15.9 Å². The highest BCUT2D eigenvalue weighted by Gasteiger charge is 2.49. The van der Waals surface area contributed by atoms with Crippen LogP contribution in [0.4, 0.5) is 17.2 Å². The fourth-order valence-electron chi connectivity index (χ4n) is 10.7. The number of nitrogens with one attached hydrogen (secondary N) is 3. The van der Waals surface area contributed by atoms with E-state index in [1.54, 1.807) is 43.0 Å². The Morgan fingerprint density at radius 3 is 2.50 bits per heavy atom. The van der Waals surface area contributed by atoms with Crippen LogP contribution in [0.15, 0.2) is 88.5 Å². The highest BCUT2D eigenvalue weighted by molar-refractivity contribution is 7.92. The van der Waals surface area contributed by atoms with Crippen LogP contribution in [0.1, 0.15) is 98.7 Å². The third kappa shape index (κ3) is 10.5. The summed E-state index contributed by atoms with van der Waals surface area (Å²) < 4.78 is 58.6. The third-order valence-corrected chi connectivity index (χ3v) is 16.4. The zero-order chi connectivity index (χ0) is 47.8. The molecule has 5 aromatic rings. The lowest BCUT2D eigenvalue weighted by atomic mass is 9.59. The molecule has 2 saturated carbocycles. The van der Waals surface area contributed by atoms with E-state index in [1.165, 1.54) is 17.3 Å². The summed E-state index contributed by atoms with van der Waals surface area (Å²) in [5.41, 5.74) is 3.90. The molecule has 4 aliphatic rings. The molecule has 0 bridgehead atoms. The number of carbonyl (C=O) groups is 1. The average molecular weight is 968 g/mol. The highest BCUT2D eigenvalue weighted by Crippen LogP contribution is 2.53. The number of morpholine rings is 1. The first-order valence-electron chi connectivity index (χ1n) is 23.6. The van der Waals surface area contributed by atoms with E-state index in [4.69, 9.17) is 9.47 Å². The molecular formula is C49H61N9O8S2. The number of aromatic nitrogens is 3. The minimum atomic E-state index is -4.65. The van der Waals surface area contributed by atoms with Crippen LogP contribution >= 0.6 is 0 Å². The molecule has 2 saturated heterocycles. The van der Waals surface area contributed by atoms with Gasteiger partial charge in [0.05, 0.1) is 48.2 Å². The number of piperidine rings is 1. The van der Waals surface area contributed by atoms with Crippen molar-refractivity contribution in [2.45, 2.75) is 94.2 Å². The maximum atomic E-state index is 14.0. The molecule has 1 amide bonds. The number of H-pyrrole nitrogens is 1. The lowest BCUT2D eigenvalue weighted by molar-refractivity contribution is -0.384. The second-order valence-electron chi connectivity index (χ2n) is 19.6. The van der Waals surface area contributed by atoms with Gasteiger partial charge in [0, 0.05) is 83.9 Å². The summed E-state index contributed by atoms with van der Waals surface area (Å²) in [6, 6.07) is 19.2. The van der Waals surface area contributed by atoms with Gasteiger partial charge in [0.1, 0.15) is 22.0 Å². The van der Waals surface area contributed by atoms with Gasteiger partial charge < -0.3 is 24.7 Å². The van der Waals surface area contributed by atoms with Gasteiger partial charge in [0.15, 0.2) is 0 Å². The Bertz CT molecular complexity index is 2900. The molecule has 1 atom stereocenters. The number of carbonyl (C=O) groups excluding carboxylic acids is 1. The van der Waals surface area contributed by atoms with E-state index in [1.807, 2.05) is 6.07 Å². The fraction of sp³-hybridized carbons (Fsp3) is 0.490. The number of nitro groups is 1. The van der Waals surface area contributed by atoms with E-state index < -0.39 is 41.2 Å². The van der Waals surface area contributed by atoms with Crippen molar-refractivity contribution < 1.29 is 31.8 Å². The van der Waals surface area contributed by atoms with Crippen LogP contribution in [0.25, 0.3) is 11.0 Å². The molecule has 0 radical (unpaired) electrons. The Kier molecular flexibility index (Phi) is 13.5. The molecular weight excluding hydrogens is 907 g/mol. The molecule has 5 heterocycles. The topological polar surface area (TPSA) is 214 Å². The van der Waals surface area contributed by atoms with E-state index in [2.05, 4.69) is 77.3 Å². The van der Waals surface area contributed by atoms with Crippen molar-refractivity contribution in [3.8, 4) is 11.5 Å². The van der Waals surface area contributed by atoms with Gasteiger partial charge in [0.2, 0.25) is 5.82 Å². The summed E-state index contributed by atoms with van der Waals surface area (Å²) in [4.78, 5) is 41.6. The third-order valence-electron chi connectivity index (χ3n) is 14.3. The standard InChI is InChI=1S/C49H61N9O8S2/c1-32(2)40-7-5-6-8-41(40)44-31-65-22-21-57(44)37-26-49(27-37)16-19-56(20-17-49)36-13-14-42(45(24-36)66-38-23-34-15-18-50-46(34)52-29-38)48(59)55-68(63,64)39-25-43(58(60)61)47(53-30-39)51-28-33-9-11-35(12-10-33)54-67(3,4)62/h5-8,13-15,18,23-25,29-30,32-33,35,37,44H,9-12,16-17,19-22,26-28,31H2,1-4H3,(H,50,52)(H,51,53)(H,55,59)/t33-,35-,44-/m1/s1. The van der Waals surface area contributed by atoms with Gasteiger partial charge in [-0.05, 0) is 104 Å². The number of ether oxygens (including phenoxy) is 2. The van der Waals surface area contributed by atoms with Crippen molar-refractivity contribution in [2.75, 3.05) is 62.1 Å². The number of pyridine rings is 2. The Morgan fingerprint density at radius 2 is 1.76 bits per heavy atom. The predicted molar refractivity (Wildman–Crippen MR) is 263 cm³/mol. The second kappa shape index (κ2) is 19.4. The lowest BCUT2D eigenvalue weighted by Crippen LogP contribution is -2.58. The first kappa shape index (κ1) is 47.4. The average Bonchev–Trinajstić information content (AvgIpc) is 3.78. The number of sulfonamides is 1. The van der Waals surface area contributed by atoms with Crippen molar-refractivity contribution in [3.05, 3.63) is 106 Å². The summed E-state index contributed by atoms with van der Waals surface area (Å²) >= 11 is 0. The SMILES string of the molecule is CC(C)c1ccccc1[C@H]1COCCN1C1CC2(CCN(c3ccc(C(=O)NS(=O)(=O)c4cnc(NC[C@H]5CC[C@H](N=S(C)(C)=O)CC5)c([N+](=O)[O-])c4)c(Oc4cnc5[nH]ccc5c4)c3)CC2)C1. The molecule has 3 aromatic heterocycles. The van der Waals surface area contributed by atoms with Gasteiger partial charge in [-0.1, -0.05) is 38.1 Å². The Hall–Kier alpha value is -5.63. The number of rotatable bonds is 14. The van der Waals surface area contributed by atoms with Crippen molar-refractivity contribution in [1.29, 1.82) is 0 Å². The number of hydrogen-bond donors (Lipinski definition) is 3. The van der Waals surface area contributed by atoms with Gasteiger partial charge in [-0.25, -0.2) is 27.5 Å². The van der Waals surface area contributed by atoms with Crippen LogP contribution in [0.3, 0.4) is 0 Å². The minimum Gasteiger partial charge on any atom is -0.455 e. The van der Waals surface area contributed by atoms with Crippen molar-refractivity contribution in [3.63, 3.8) is 0 Å². The number of hydrogen-bond acceptors (Lipinski definition) is 14.